The first-order valence-electron chi connectivity index (χ1n) is 8.86. The first kappa shape index (κ1) is 18.9. The molecule has 26 heavy (non-hydrogen) atoms. The second-order valence-corrected chi connectivity index (χ2v) is 7.55. The number of anilines is 1. The molecule has 3 amide bonds. The normalized spacial score (nSPS) is 26.3. The van der Waals surface area contributed by atoms with E-state index in [2.05, 4.69) is 4.98 Å². The Morgan fingerprint density at radius 3 is 2.62 bits per heavy atom. The molecule has 3 rings (SSSR count). The van der Waals surface area contributed by atoms with Gasteiger partial charge in [-0.05, 0) is 12.8 Å². The molecule has 9 heteroatoms. The second kappa shape index (κ2) is 7.81. The Morgan fingerprint density at radius 2 is 2.08 bits per heavy atom. The number of nitrogens with zero attached hydrogens (tertiary/aromatic N) is 3. The van der Waals surface area contributed by atoms with Gasteiger partial charge < -0.3 is 15.4 Å². The van der Waals surface area contributed by atoms with E-state index in [4.69, 9.17) is 10.5 Å². The molecule has 4 atom stereocenters. The third-order valence-electron chi connectivity index (χ3n) is 4.97. The first-order valence-corrected chi connectivity index (χ1v) is 9.74. The molecule has 8 nitrogen and oxygen atoms in total. The van der Waals surface area contributed by atoms with Gasteiger partial charge in [0, 0.05) is 24.7 Å². The number of hydrogen-bond acceptors (Lipinski definition) is 7. The molecule has 2 N–H and O–H groups in total. The summed E-state index contributed by atoms with van der Waals surface area (Å²) in [6.45, 7) is 5.61. The molecule has 0 bridgehead atoms. The minimum absolute atomic E-state index is 0.0224. The monoisotopic (exact) mass is 380 g/mol. The molecule has 1 aliphatic heterocycles. The van der Waals surface area contributed by atoms with Crippen molar-refractivity contribution in [1.29, 1.82) is 0 Å². The van der Waals surface area contributed by atoms with Crippen LogP contribution >= 0.6 is 11.3 Å². The van der Waals surface area contributed by atoms with E-state index in [-0.39, 0.29) is 23.7 Å². The van der Waals surface area contributed by atoms with Crippen LogP contribution in [0.5, 0.6) is 0 Å². The molecule has 2 aliphatic rings. The number of aromatic nitrogens is 1. The molecule has 2 fully saturated rings. The predicted octanol–water partition coefficient (Wildman–Crippen LogP) is 0.481. The van der Waals surface area contributed by atoms with Gasteiger partial charge in [-0.3, -0.25) is 14.4 Å². The largest absolute Gasteiger partial charge is 0.378 e. The van der Waals surface area contributed by atoms with Gasteiger partial charge >= 0.3 is 0 Å². The summed E-state index contributed by atoms with van der Waals surface area (Å²) in [5.74, 6) is -1.83. The number of thiazole rings is 1. The molecule has 1 aromatic heterocycles. The van der Waals surface area contributed by atoms with Crippen LogP contribution < -0.4 is 10.6 Å². The van der Waals surface area contributed by atoms with Crippen LogP contribution in [0.3, 0.4) is 0 Å². The fourth-order valence-electron chi connectivity index (χ4n) is 3.53. The molecule has 0 radical (unpaired) electrons. The topological polar surface area (TPSA) is 106 Å². The molecule has 0 aromatic carbocycles. The zero-order chi connectivity index (χ0) is 18.8. The van der Waals surface area contributed by atoms with Gasteiger partial charge in [0.25, 0.3) is 5.91 Å². The van der Waals surface area contributed by atoms with E-state index in [9.17, 15) is 14.4 Å². The number of nitrogens with two attached hydrogens (primary N) is 1. The minimum atomic E-state index is -0.824. The number of amides is 3. The number of rotatable bonds is 5. The zero-order valence-electron chi connectivity index (χ0n) is 15.0. The SMILES string of the molecule is CC[C@@H]1C(C(=O)N2CCOCC2)[C@@H]1C(=O)N(C(=O)[C@@H](C)N)c1nccs1. The Kier molecular flexibility index (Phi) is 5.69. The molecule has 142 valence electrons. The third-order valence-corrected chi connectivity index (χ3v) is 5.73. The van der Waals surface area contributed by atoms with Crippen molar-refractivity contribution in [2.24, 2.45) is 23.5 Å². The van der Waals surface area contributed by atoms with Crippen molar-refractivity contribution in [3.8, 4) is 0 Å². The lowest BCUT2D eigenvalue weighted by Crippen LogP contribution is -2.47. The van der Waals surface area contributed by atoms with Crippen LogP contribution in [0, 0.1) is 17.8 Å². The van der Waals surface area contributed by atoms with Crippen LogP contribution in [0.4, 0.5) is 5.13 Å². The summed E-state index contributed by atoms with van der Waals surface area (Å²) < 4.78 is 5.29. The van der Waals surface area contributed by atoms with Gasteiger partial charge in [-0.2, -0.15) is 0 Å². The van der Waals surface area contributed by atoms with Crippen molar-refractivity contribution in [2.45, 2.75) is 26.3 Å². The van der Waals surface area contributed by atoms with Crippen LogP contribution in [0.15, 0.2) is 11.6 Å². The van der Waals surface area contributed by atoms with Crippen LogP contribution in [0.2, 0.25) is 0 Å². The van der Waals surface area contributed by atoms with Crippen molar-refractivity contribution >= 4 is 34.2 Å². The smallest absolute Gasteiger partial charge is 0.252 e. The number of carbonyl (C=O) groups excluding carboxylic acids is 3. The average molecular weight is 380 g/mol. The molecule has 1 saturated heterocycles. The van der Waals surface area contributed by atoms with Crippen LogP contribution in [-0.4, -0.2) is 60.0 Å². The second-order valence-electron chi connectivity index (χ2n) is 6.68. The molecule has 1 unspecified atom stereocenters. The maximum absolute atomic E-state index is 13.1. The summed E-state index contributed by atoms with van der Waals surface area (Å²) in [7, 11) is 0. The van der Waals surface area contributed by atoms with E-state index in [0.717, 1.165) is 4.90 Å². The lowest BCUT2D eigenvalue weighted by Gasteiger charge is -2.27. The summed E-state index contributed by atoms with van der Waals surface area (Å²) in [5.41, 5.74) is 5.72. The lowest BCUT2D eigenvalue weighted by atomic mass is 10.2. The van der Waals surface area contributed by atoms with Gasteiger partial charge in [0.05, 0.1) is 31.1 Å². The summed E-state index contributed by atoms with van der Waals surface area (Å²) >= 11 is 1.20. The first-order chi connectivity index (χ1) is 12.5. The summed E-state index contributed by atoms with van der Waals surface area (Å²) in [4.78, 5) is 45.4. The fourth-order valence-corrected chi connectivity index (χ4v) is 4.18. The van der Waals surface area contributed by atoms with Gasteiger partial charge in [0.15, 0.2) is 5.13 Å². The van der Waals surface area contributed by atoms with Crippen LogP contribution in [0.25, 0.3) is 0 Å². The number of morpholine rings is 1. The van der Waals surface area contributed by atoms with Gasteiger partial charge in [-0.15, -0.1) is 11.3 Å². The standard InChI is InChI=1S/C17H24N4O4S/c1-3-11-12(15(23)20-5-7-25-8-6-20)13(11)16(24)21(14(22)10(2)18)17-19-4-9-26-17/h4,9-13H,3,5-8,18H2,1-2H3/t10-,11-,12?,13-/m1/s1. The van der Waals surface area contributed by atoms with Crippen LogP contribution in [0.1, 0.15) is 20.3 Å². The Balaban J connectivity index is 1.80. The third kappa shape index (κ3) is 3.51. The summed E-state index contributed by atoms with van der Waals surface area (Å²) in [5, 5.41) is 2.00. The highest BCUT2D eigenvalue weighted by Crippen LogP contribution is 2.51. The quantitative estimate of drug-likeness (QED) is 0.796. The molecule has 0 spiro atoms. The van der Waals surface area contributed by atoms with Crippen molar-refractivity contribution < 1.29 is 19.1 Å². The molecule has 1 aromatic rings. The molecule has 1 saturated carbocycles. The number of imide groups is 1. The van der Waals surface area contributed by atoms with Crippen molar-refractivity contribution in [3.63, 3.8) is 0 Å². The van der Waals surface area contributed by atoms with E-state index < -0.39 is 17.9 Å². The number of ether oxygens (including phenoxy) is 1. The van der Waals surface area contributed by atoms with Crippen molar-refractivity contribution in [3.05, 3.63) is 11.6 Å². The number of hydrogen-bond donors (Lipinski definition) is 1. The van der Waals surface area contributed by atoms with E-state index in [1.54, 1.807) is 10.3 Å². The Hall–Kier alpha value is -1.84. The fraction of sp³-hybridized carbons (Fsp3) is 0.647. The maximum atomic E-state index is 13.1. The highest BCUT2D eigenvalue weighted by molar-refractivity contribution is 7.14. The van der Waals surface area contributed by atoms with Crippen molar-refractivity contribution in [1.82, 2.24) is 9.88 Å². The van der Waals surface area contributed by atoms with E-state index >= 15 is 0 Å². The van der Waals surface area contributed by atoms with Gasteiger partial charge in [-0.1, -0.05) is 13.3 Å². The van der Waals surface area contributed by atoms with Crippen LogP contribution in [-0.2, 0) is 19.1 Å². The Bertz CT molecular complexity index is 672. The summed E-state index contributed by atoms with van der Waals surface area (Å²) in [6.07, 6.45) is 2.24. The average Bonchev–Trinajstić information content (AvgIpc) is 3.15. The molecular formula is C17H24N4O4S. The molecule has 2 heterocycles. The van der Waals surface area contributed by atoms with Gasteiger partial charge in [0.1, 0.15) is 0 Å². The Labute approximate surface area is 156 Å². The van der Waals surface area contributed by atoms with Crippen molar-refractivity contribution in [2.75, 3.05) is 31.2 Å². The maximum Gasteiger partial charge on any atom is 0.252 e. The zero-order valence-corrected chi connectivity index (χ0v) is 15.8. The predicted molar refractivity (Wildman–Crippen MR) is 96.4 cm³/mol. The van der Waals surface area contributed by atoms with Gasteiger partial charge in [-0.25, -0.2) is 9.88 Å². The number of carbonyl (C=O) groups is 3. The Morgan fingerprint density at radius 1 is 1.38 bits per heavy atom. The van der Waals surface area contributed by atoms with E-state index in [1.807, 2.05) is 6.92 Å². The minimum Gasteiger partial charge on any atom is -0.378 e. The van der Waals surface area contributed by atoms with E-state index in [0.29, 0.717) is 37.9 Å². The van der Waals surface area contributed by atoms with Gasteiger partial charge in [0.2, 0.25) is 11.8 Å². The molecular weight excluding hydrogens is 356 g/mol. The summed E-state index contributed by atoms with van der Waals surface area (Å²) in [6, 6.07) is -0.824. The lowest BCUT2D eigenvalue weighted by molar-refractivity contribution is -0.138. The van der Waals surface area contributed by atoms with E-state index in [1.165, 1.54) is 24.5 Å². The highest BCUT2D eigenvalue weighted by Gasteiger charge is 2.60. The highest BCUT2D eigenvalue weighted by atomic mass is 32.1. The molecule has 1 aliphatic carbocycles.